The Hall–Kier alpha value is -1.10. The molecule has 0 saturated carbocycles. The number of carboxylic acids is 1. The number of piperidine rings is 1. The van der Waals surface area contributed by atoms with Gasteiger partial charge in [-0.3, -0.25) is 14.5 Å². The van der Waals surface area contributed by atoms with Gasteiger partial charge in [0.05, 0.1) is 12.5 Å². The van der Waals surface area contributed by atoms with Crippen LogP contribution in [0.2, 0.25) is 0 Å². The maximum Gasteiger partial charge on any atom is 0.308 e. The molecule has 3 unspecified atom stereocenters. The molecule has 2 aliphatic heterocycles. The topological polar surface area (TPSA) is 60.9 Å². The van der Waals surface area contributed by atoms with E-state index in [1.54, 1.807) is 0 Å². The van der Waals surface area contributed by atoms with Gasteiger partial charge in [0.2, 0.25) is 5.91 Å². The zero-order valence-electron chi connectivity index (χ0n) is 12.5. The van der Waals surface area contributed by atoms with Crippen molar-refractivity contribution in [3.8, 4) is 0 Å². The van der Waals surface area contributed by atoms with Crippen molar-refractivity contribution in [2.24, 2.45) is 5.92 Å². The lowest BCUT2D eigenvalue weighted by Gasteiger charge is -2.36. The maximum absolute atomic E-state index is 12.5. The van der Waals surface area contributed by atoms with Crippen LogP contribution in [0.4, 0.5) is 0 Å². The molecule has 0 radical (unpaired) electrons. The van der Waals surface area contributed by atoms with Gasteiger partial charge < -0.3 is 10.0 Å². The minimum Gasteiger partial charge on any atom is -0.481 e. The second kappa shape index (κ2) is 6.57. The first-order valence-corrected chi connectivity index (χ1v) is 7.81. The van der Waals surface area contributed by atoms with Gasteiger partial charge in [-0.15, -0.1) is 0 Å². The van der Waals surface area contributed by atoms with Gasteiger partial charge in [0.15, 0.2) is 0 Å². The Bertz CT molecular complexity index is 372. The summed E-state index contributed by atoms with van der Waals surface area (Å²) in [4.78, 5) is 27.7. The lowest BCUT2D eigenvalue weighted by molar-refractivity contribution is -0.143. The normalized spacial score (nSPS) is 31.5. The summed E-state index contributed by atoms with van der Waals surface area (Å²) in [5, 5.41) is 9.14. The SMILES string of the molecule is CCC1CCCCN1C(=O)CN1CCC(C(=O)O)C1C. The summed E-state index contributed by atoms with van der Waals surface area (Å²) in [5.41, 5.74) is 0. The van der Waals surface area contributed by atoms with Crippen LogP contribution in [0.1, 0.15) is 46.0 Å². The van der Waals surface area contributed by atoms with Crippen LogP contribution in [-0.4, -0.2) is 58.5 Å². The van der Waals surface area contributed by atoms with Crippen molar-refractivity contribution in [1.82, 2.24) is 9.80 Å². The van der Waals surface area contributed by atoms with Gasteiger partial charge in [-0.05, 0) is 45.6 Å². The number of likely N-dealkylation sites (tertiary alicyclic amines) is 2. The average Bonchev–Trinajstić information content (AvgIpc) is 2.80. The van der Waals surface area contributed by atoms with E-state index in [0.29, 0.717) is 25.6 Å². The number of carbonyl (C=O) groups is 2. The predicted molar refractivity (Wildman–Crippen MR) is 76.4 cm³/mol. The molecule has 2 saturated heterocycles. The van der Waals surface area contributed by atoms with Crippen molar-refractivity contribution >= 4 is 11.9 Å². The molecule has 1 N–H and O–H groups in total. The largest absolute Gasteiger partial charge is 0.481 e. The van der Waals surface area contributed by atoms with E-state index in [0.717, 1.165) is 25.8 Å². The van der Waals surface area contributed by atoms with Gasteiger partial charge in [0, 0.05) is 18.6 Å². The zero-order chi connectivity index (χ0) is 14.7. The molecule has 0 spiro atoms. The van der Waals surface area contributed by atoms with E-state index in [-0.39, 0.29) is 17.9 Å². The number of rotatable bonds is 4. The molecule has 0 aromatic heterocycles. The molecule has 5 heteroatoms. The Balaban J connectivity index is 1.92. The lowest BCUT2D eigenvalue weighted by atomic mass is 10.00. The second-order valence-corrected chi connectivity index (χ2v) is 6.09. The zero-order valence-corrected chi connectivity index (χ0v) is 12.5. The number of nitrogens with zero attached hydrogens (tertiary/aromatic N) is 2. The van der Waals surface area contributed by atoms with Crippen LogP contribution in [0, 0.1) is 5.92 Å². The molecule has 2 aliphatic rings. The van der Waals surface area contributed by atoms with E-state index in [1.807, 2.05) is 16.7 Å². The van der Waals surface area contributed by atoms with Crippen LogP contribution in [-0.2, 0) is 9.59 Å². The van der Waals surface area contributed by atoms with Gasteiger partial charge in [0.1, 0.15) is 0 Å². The first-order valence-electron chi connectivity index (χ1n) is 7.81. The molecular formula is C15H26N2O3. The van der Waals surface area contributed by atoms with Crippen molar-refractivity contribution in [2.45, 2.75) is 58.0 Å². The minimum absolute atomic E-state index is 0.0404. The Morgan fingerprint density at radius 3 is 2.55 bits per heavy atom. The van der Waals surface area contributed by atoms with E-state index in [4.69, 9.17) is 5.11 Å². The third-order valence-corrected chi connectivity index (χ3v) is 4.96. The van der Waals surface area contributed by atoms with Crippen LogP contribution in [0.3, 0.4) is 0 Å². The van der Waals surface area contributed by atoms with Crippen molar-refractivity contribution in [3.63, 3.8) is 0 Å². The molecule has 2 fully saturated rings. The highest BCUT2D eigenvalue weighted by Crippen LogP contribution is 2.25. The first kappa shape index (κ1) is 15.3. The summed E-state index contributed by atoms with van der Waals surface area (Å²) in [6.45, 7) is 6.01. The molecule has 0 aromatic rings. The first-order chi connectivity index (χ1) is 9.54. The van der Waals surface area contributed by atoms with Gasteiger partial charge >= 0.3 is 5.97 Å². The van der Waals surface area contributed by atoms with Gasteiger partial charge in [0.25, 0.3) is 0 Å². The van der Waals surface area contributed by atoms with Gasteiger partial charge in [-0.1, -0.05) is 6.92 Å². The molecule has 3 atom stereocenters. The fraction of sp³-hybridized carbons (Fsp3) is 0.867. The third-order valence-electron chi connectivity index (χ3n) is 4.96. The van der Waals surface area contributed by atoms with Gasteiger partial charge in [-0.2, -0.15) is 0 Å². The molecular weight excluding hydrogens is 256 g/mol. The smallest absolute Gasteiger partial charge is 0.308 e. The predicted octanol–water partition coefficient (Wildman–Crippen LogP) is 1.57. The summed E-state index contributed by atoms with van der Waals surface area (Å²) in [6.07, 6.45) is 5.08. The molecule has 0 aromatic carbocycles. The highest BCUT2D eigenvalue weighted by Gasteiger charge is 2.37. The Morgan fingerprint density at radius 1 is 1.20 bits per heavy atom. The lowest BCUT2D eigenvalue weighted by Crippen LogP contribution is -2.48. The van der Waals surface area contributed by atoms with Crippen molar-refractivity contribution < 1.29 is 14.7 Å². The number of hydrogen-bond acceptors (Lipinski definition) is 3. The molecule has 114 valence electrons. The van der Waals surface area contributed by atoms with Crippen LogP contribution in [0.25, 0.3) is 0 Å². The van der Waals surface area contributed by atoms with Crippen molar-refractivity contribution in [1.29, 1.82) is 0 Å². The van der Waals surface area contributed by atoms with Crippen molar-refractivity contribution in [2.75, 3.05) is 19.6 Å². The summed E-state index contributed by atoms with van der Waals surface area (Å²) in [7, 11) is 0. The molecule has 2 heterocycles. The van der Waals surface area contributed by atoms with Gasteiger partial charge in [-0.25, -0.2) is 0 Å². The molecule has 5 nitrogen and oxygen atoms in total. The van der Waals surface area contributed by atoms with E-state index < -0.39 is 5.97 Å². The van der Waals surface area contributed by atoms with Crippen LogP contribution in [0.5, 0.6) is 0 Å². The fourth-order valence-corrected chi connectivity index (χ4v) is 3.58. The number of carbonyl (C=O) groups excluding carboxylic acids is 1. The van der Waals surface area contributed by atoms with E-state index in [2.05, 4.69) is 6.92 Å². The van der Waals surface area contributed by atoms with Crippen molar-refractivity contribution in [3.05, 3.63) is 0 Å². The second-order valence-electron chi connectivity index (χ2n) is 6.09. The summed E-state index contributed by atoms with van der Waals surface area (Å²) in [5.74, 6) is -0.891. The van der Waals surface area contributed by atoms with Crippen LogP contribution >= 0.6 is 0 Å². The van der Waals surface area contributed by atoms with Crippen LogP contribution in [0.15, 0.2) is 0 Å². The summed E-state index contributed by atoms with van der Waals surface area (Å²) in [6, 6.07) is 0.339. The number of hydrogen-bond donors (Lipinski definition) is 1. The number of aliphatic carboxylic acids is 1. The highest BCUT2D eigenvalue weighted by atomic mass is 16.4. The molecule has 1 amide bonds. The molecule has 0 bridgehead atoms. The van der Waals surface area contributed by atoms with E-state index in [1.165, 1.54) is 6.42 Å². The Labute approximate surface area is 120 Å². The Kier molecular flexibility index (Phi) is 5.02. The van der Waals surface area contributed by atoms with E-state index in [9.17, 15) is 9.59 Å². The average molecular weight is 282 g/mol. The fourth-order valence-electron chi connectivity index (χ4n) is 3.58. The maximum atomic E-state index is 12.5. The Morgan fingerprint density at radius 2 is 1.95 bits per heavy atom. The molecule has 20 heavy (non-hydrogen) atoms. The third kappa shape index (κ3) is 3.14. The highest BCUT2D eigenvalue weighted by molar-refractivity contribution is 5.79. The monoisotopic (exact) mass is 282 g/mol. The molecule has 2 rings (SSSR count). The summed E-state index contributed by atoms with van der Waals surface area (Å²) < 4.78 is 0. The number of amides is 1. The number of carboxylic acid groups (broad SMARTS) is 1. The summed E-state index contributed by atoms with van der Waals surface area (Å²) >= 11 is 0. The van der Waals surface area contributed by atoms with Crippen LogP contribution < -0.4 is 0 Å². The molecule has 0 aliphatic carbocycles. The minimum atomic E-state index is -0.739. The van der Waals surface area contributed by atoms with E-state index >= 15 is 0 Å². The standard InChI is InChI=1S/C15H26N2O3/c1-3-12-6-4-5-8-17(12)14(18)10-16-9-7-13(11(16)2)15(19)20/h11-13H,3-10H2,1-2H3,(H,19,20). The quantitative estimate of drug-likeness (QED) is 0.850.